The number of carbonyl (C=O) groups is 1. The van der Waals surface area contributed by atoms with Gasteiger partial charge < -0.3 is 19.5 Å². The van der Waals surface area contributed by atoms with Crippen molar-refractivity contribution in [2.45, 2.75) is 42.9 Å². The van der Waals surface area contributed by atoms with E-state index in [9.17, 15) is 30.7 Å². The number of anilines is 1. The third-order valence-corrected chi connectivity index (χ3v) is 7.73. The molecule has 37 heavy (non-hydrogen) atoms. The number of hydrogen-bond acceptors (Lipinski definition) is 8. The Balaban J connectivity index is 0.00000481. The molecule has 1 aliphatic heterocycles. The maximum atomic E-state index is 11.7. The second kappa shape index (κ2) is 12.7. The van der Waals surface area contributed by atoms with Gasteiger partial charge in [-0.15, -0.1) is 0 Å². The minimum Gasteiger partial charge on any atom is -0.748 e. The molecule has 2 N–H and O–H groups in total. The number of para-hydroxylation sites is 1. The summed E-state index contributed by atoms with van der Waals surface area (Å²) in [6, 6.07) is 13.2. The van der Waals surface area contributed by atoms with Crippen LogP contribution in [0.15, 0.2) is 65.7 Å². The van der Waals surface area contributed by atoms with Crippen molar-refractivity contribution in [1.29, 1.82) is 0 Å². The molecule has 10 nitrogen and oxygen atoms in total. The fourth-order valence-corrected chi connectivity index (χ4v) is 5.41. The molecular formula is C24H27N2NaO8S2. The Bertz CT molecular complexity index is 1410. The quantitative estimate of drug-likeness (QED) is 0.203. The number of fused-ring (bicyclic) bond motifs is 1. The van der Waals surface area contributed by atoms with Crippen molar-refractivity contribution in [1.82, 2.24) is 0 Å². The first kappa shape index (κ1) is 31.2. The average Bonchev–Trinajstić information content (AvgIpc) is 3.00. The summed E-state index contributed by atoms with van der Waals surface area (Å²) in [5.41, 5.74) is 1.63. The third kappa shape index (κ3) is 8.21. The molecule has 3 rings (SSSR count). The number of allylic oxidation sites excluding steroid dienone is 1. The van der Waals surface area contributed by atoms with Gasteiger partial charge in [-0.1, -0.05) is 18.2 Å². The maximum Gasteiger partial charge on any atom is 1.00 e. The first-order valence-electron chi connectivity index (χ1n) is 11.2. The molecule has 0 fully saturated rings. The van der Waals surface area contributed by atoms with E-state index in [0.717, 1.165) is 5.69 Å². The van der Waals surface area contributed by atoms with Crippen LogP contribution in [0, 0.1) is 0 Å². The van der Waals surface area contributed by atoms with Crippen molar-refractivity contribution in [3.05, 3.63) is 66.4 Å². The number of carboxylic acids is 1. The minimum absolute atomic E-state index is 0. The van der Waals surface area contributed by atoms with Crippen LogP contribution in [0.1, 0.15) is 38.2 Å². The molecule has 0 bridgehead atoms. The Labute approximate surface area is 238 Å². The standard InChI is InChI=1S/C24H28N2O8S2.Na/c1-24(13-5-9-23(27)28)20-17-19(36(32,33)34)10-11-21(20)26(15-6-16-35(29,30)31)22(24)12-14-25-18-7-3-2-4-8-18;/h2-4,7-8,10-12,14,17H,5-6,9,13,15-16H2,1H3,(H3,27,28,29,30,31,32,33,34);/q;+1/p-1. The number of hydrogen-bond donors (Lipinski definition) is 2. The van der Waals surface area contributed by atoms with Gasteiger partial charge in [0.15, 0.2) is 5.71 Å². The Morgan fingerprint density at radius 1 is 1.08 bits per heavy atom. The van der Waals surface area contributed by atoms with Gasteiger partial charge in [0.25, 0.3) is 0 Å². The molecule has 0 radical (unpaired) electrons. The molecule has 1 unspecified atom stereocenters. The number of nitrogens with zero attached hydrogens (tertiary/aromatic N) is 1. The van der Waals surface area contributed by atoms with Gasteiger partial charge in [0, 0.05) is 48.2 Å². The van der Waals surface area contributed by atoms with Crippen LogP contribution in [-0.4, -0.2) is 59.6 Å². The molecule has 194 valence electrons. The van der Waals surface area contributed by atoms with Gasteiger partial charge in [-0.05, 0) is 44.0 Å². The van der Waals surface area contributed by atoms with Gasteiger partial charge in [-0.25, -0.2) is 16.8 Å². The van der Waals surface area contributed by atoms with E-state index in [0.29, 0.717) is 23.4 Å². The predicted molar refractivity (Wildman–Crippen MR) is 131 cm³/mol. The zero-order chi connectivity index (χ0) is 26.6. The molecule has 0 aromatic heterocycles. The van der Waals surface area contributed by atoms with Gasteiger partial charge in [0.05, 0.1) is 20.4 Å². The number of carboxylic acid groups (broad SMARTS) is 1. The van der Waals surface area contributed by atoms with E-state index in [4.69, 9.17) is 5.11 Å². The average molecular weight is 559 g/mol. The summed E-state index contributed by atoms with van der Waals surface area (Å²) in [5.74, 6) is -1.56. The second-order valence-corrected chi connectivity index (χ2v) is 11.6. The van der Waals surface area contributed by atoms with Crippen molar-refractivity contribution < 1.29 is 70.0 Å². The molecule has 13 heteroatoms. The van der Waals surface area contributed by atoms with E-state index in [1.807, 2.05) is 37.3 Å². The van der Waals surface area contributed by atoms with Crippen LogP contribution in [0.4, 0.5) is 11.4 Å². The molecular weight excluding hydrogens is 531 g/mol. The molecule has 1 heterocycles. The predicted octanol–water partition coefficient (Wildman–Crippen LogP) is -0.233. The maximum absolute atomic E-state index is 11.7. The molecule has 2 aromatic rings. The van der Waals surface area contributed by atoms with Crippen LogP contribution in [-0.2, 0) is 30.4 Å². The second-order valence-electron chi connectivity index (χ2n) is 8.71. The molecule has 0 amide bonds. The SMILES string of the molecule is CC1(CCCC(=O)O)C(/C=C/Nc2ccccc2)=[N+](CCCS(=O)(=O)[O-])c2ccc(S(=O)(=O)[O-])cc21.[Na+]. The summed E-state index contributed by atoms with van der Waals surface area (Å²) < 4.78 is 70.6. The largest absolute Gasteiger partial charge is 1.00 e. The van der Waals surface area contributed by atoms with Gasteiger partial charge in [0.2, 0.25) is 5.69 Å². The number of aliphatic carboxylic acids is 1. The number of rotatable bonds is 12. The van der Waals surface area contributed by atoms with E-state index in [1.165, 1.54) is 18.2 Å². The van der Waals surface area contributed by atoms with Crippen molar-refractivity contribution in [2.75, 3.05) is 17.6 Å². The van der Waals surface area contributed by atoms with Gasteiger partial charge in [-0.2, -0.15) is 4.58 Å². The molecule has 0 aliphatic carbocycles. The number of benzene rings is 2. The summed E-state index contributed by atoms with van der Waals surface area (Å²) in [4.78, 5) is 10.8. The van der Waals surface area contributed by atoms with Crippen LogP contribution in [0.2, 0.25) is 0 Å². The van der Waals surface area contributed by atoms with Crippen LogP contribution < -0.4 is 34.9 Å². The van der Waals surface area contributed by atoms with Crippen molar-refractivity contribution in [2.24, 2.45) is 0 Å². The smallest absolute Gasteiger partial charge is 0.748 e. The summed E-state index contributed by atoms with van der Waals surface area (Å²) in [6.45, 7) is 1.96. The zero-order valence-electron chi connectivity index (χ0n) is 20.6. The van der Waals surface area contributed by atoms with Crippen molar-refractivity contribution >= 4 is 43.3 Å². The van der Waals surface area contributed by atoms with E-state index >= 15 is 0 Å². The fraction of sp³-hybridized carbons (Fsp3) is 0.333. The summed E-state index contributed by atoms with van der Waals surface area (Å²) in [7, 11) is -9.20. The Kier molecular flexibility index (Phi) is 10.7. The van der Waals surface area contributed by atoms with Gasteiger partial charge in [-0.3, -0.25) is 4.79 Å². The van der Waals surface area contributed by atoms with E-state index < -0.39 is 42.3 Å². The molecule has 1 atom stereocenters. The monoisotopic (exact) mass is 558 g/mol. The molecule has 0 saturated carbocycles. The topological polar surface area (TPSA) is 167 Å². The first-order chi connectivity index (χ1) is 16.8. The van der Waals surface area contributed by atoms with Gasteiger partial charge in [0.1, 0.15) is 16.7 Å². The number of nitrogens with one attached hydrogen (secondary N) is 1. The Hall–Kier alpha value is -2.06. The summed E-state index contributed by atoms with van der Waals surface area (Å²) >= 11 is 0. The molecule has 1 aliphatic rings. The van der Waals surface area contributed by atoms with Crippen LogP contribution in [0.3, 0.4) is 0 Å². The van der Waals surface area contributed by atoms with E-state index in [1.54, 1.807) is 16.9 Å². The van der Waals surface area contributed by atoms with Crippen LogP contribution >= 0.6 is 0 Å². The first-order valence-corrected chi connectivity index (χ1v) is 14.2. The minimum atomic E-state index is -4.76. The van der Waals surface area contributed by atoms with Crippen LogP contribution in [0.5, 0.6) is 0 Å². The van der Waals surface area contributed by atoms with Crippen molar-refractivity contribution in [3.8, 4) is 0 Å². The van der Waals surface area contributed by atoms with Gasteiger partial charge >= 0.3 is 35.5 Å². The Morgan fingerprint density at radius 3 is 2.35 bits per heavy atom. The van der Waals surface area contributed by atoms with Crippen molar-refractivity contribution in [3.63, 3.8) is 0 Å². The summed E-state index contributed by atoms with van der Waals surface area (Å²) in [6.07, 6.45) is 3.92. The summed E-state index contributed by atoms with van der Waals surface area (Å²) in [5, 5.41) is 12.3. The van der Waals surface area contributed by atoms with Crippen LogP contribution in [0.25, 0.3) is 0 Å². The zero-order valence-corrected chi connectivity index (χ0v) is 24.2. The molecule has 0 spiro atoms. The molecule has 0 saturated heterocycles. The van der Waals surface area contributed by atoms with E-state index in [2.05, 4.69) is 5.32 Å². The normalized spacial score (nSPS) is 17.5. The Morgan fingerprint density at radius 2 is 1.76 bits per heavy atom. The molecule has 2 aromatic carbocycles. The third-order valence-electron chi connectivity index (χ3n) is 6.11. The fourth-order valence-electron chi connectivity index (χ4n) is 4.43. The van der Waals surface area contributed by atoms with E-state index in [-0.39, 0.29) is 55.4 Å².